The highest BCUT2D eigenvalue weighted by atomic mass is 16.3. The number of rotatable bonds is 2. The molecule has 0 aliphatic heterocycles. The van der Waals surface area contributed by atoms with E-state index in [9.17, 15) is 25.2 Å². The van der Waals surface area contributed by atoms with Crippen LogP contribution in [0.5, 0.6) is 0 Å². The molecular formula is C25H40O5. The molecule has 30 heavy (non-hydrogen) atoms. The van der Waals surface area contributed by atoms with Crippen LogP contribution in [-0.2, 0) is 4.79 Å². The average molecular weight is 421 g/mol. The Morgan fingerprint density at radius 3 is 2.27 bits per heavy atom. The van der Waals surface area contributed by atoms with Crippen molar-refractivity contribution < 1.29 is 25.2 Å². The van der Waals surface area contributed by atoms with E-state index in [1.54, 1.807) is 0 Å². The predicted molar refractivity (Wildman–Crippen MR) is 114 cm³/mol. The van der Waals surface area contributed by atoms with Gasteiger partial charge in [0, 0.05) is 24.0 Å². The highest BCUT2D eigenvalue weighted by molar-refractivity contribution is 6.00. The molecule has 0 radical (unpaired) electrons. The molecule has 0 heterocycles. The number of aliphatic hydroxyl groups excluding tert-OH is 4. The van der Waals surface area contributed by atoms with Gasteiger partial charge in [0.15, 0.2) is 5.78 Å². The zero-order valence-corrected chi connectivity index (χ0v) is 19.4. The molecule has 0 saturated heterocycles. The number of Topliss-reactive ketones (excluding diaryl/α,β-unsaturated/α-hetero) is 1. The molecule has 4 N–H and O–H groups in total. The third-order valence-corrected chi connectivity index (χ3v) is 10.6. The van der Waals surface area contributed by atoms with Crippen LogP contribution in [0.2, 0.25) is 0 Å². The SMILES string of the molecule is C[C@H](CO)[C@H]1C[C@H](O)[C@@]2(C)C3=C(C(=O)C[C@]12C)[C@@]1(C)CC[C@H](O)C(C)(C)[C@H]1C[C@@H]3O. The van der Waals surface area contributed by atoms with Gasteiger partial charge < -0.3 is 20.4 Å². The van der Waals surface area contributed by atoms with Gasteiger partial charge in [0.05, 0.1) is 18.3 Å². The maximum absolute atomic E-state index is 13.8. The highest BCUT2D eigenvalue weighted by Crippen LogP contribution is 2.71. The summed E-state index contributed by atoms with van der Waals surface area (Å²) in [7, 11) is 0. The van der Waals surface area contributed by atoms with Gasteiger partial charge in [-0.15, -0.1) is 0 Å². The number of hydrogen-bond acceptors (Lipinski definition) is 5. The molecule has 5 heteroatoms. The molecule has 170 valence electrons. The van der Waals surface area contributed by atoms with Crippen LogP contribution in [0, 0.1) is 39.4 Å². The summed E-state index contributed by atoms with van der Waals surface area (Å²) in [6, 6.07) is 0. The fourth-order valence-electron chi connectivity index (χ4n) is 8.50. The van der Waals surface area contributed by atoms with Crippen molar-refractivity contribution in [3.63, 3.8) is 0 Å². The largest absolute Gasteiger partial charge is 0.396 e. The molecule has 0 bridgehead atoms. The average Bonchev–Trinajstić information content (AvgIpc) is 2.87. The monoisotopic (exact) mass is 420 g/mol. The molecule has 9 atom stereocenters. The first-order chi connectivity index (χ1) is 13.8. The molecular weight excluding hydrogens is 380 g/mol. The first kappa shape index (κ1) is 22.4. The van der Waals surface area contributed by atoms with Gasteiger partial charge in [0.25, 0.3) is 0 Å². The molecule has 4 aliphatic rings. The van der Waals surface area contributed by atoms with E-state index in [1.165, 1.54) is 0 Å². The van der Waals surface area contributed by atoms with E-state index in [1.807, 2.05) is 13.8 Å². The lowest BCUT2D eigenvalue weighted by Gasteiger charge is -2.62. The van der Waals surface area contributed by atoms with Crippen LogP contribution >= 0.6 is 0 Å². The molecule has 2 saturated carbocycles. The molecule has 0 aromatic carbocycles. The predicted octanol–water partition coefficient (Wildman–Crippen LogP) is 2.85. The fraction of sp³-hybridized carbons (Fsp3) is 0.880. The van der Waals surface area contributed by atoms with Crippen molar-refractivity contribution in [2.75, 3.05) is 6.61 Å². The van der Waals surface area contributed by atoms with Crippen LogP contribution in [0.15, 0.2) is 11.1 Å². The normalized spacial score (nSPS) is 51.3. The lowest BCUT2D eigenvalue weighted by atomic mass is 9.42. The second kappa shape index (κ2) is 6.63. The topological polar surface area (TPSA) is 98.0 Å². The van der Waals surface area contributed by atoms with Crippen molar-refractivity contribution >= 4 is 5.78 Å². The van der Waals surface area contributed by atoms with Crippen molar-refractivity contribution in [2.24, 2.45) is 39.4 Å². The molecule has 0 aromatic heterocycles. The minimum Gasteiger partial charge on any atom is -0.396 e. The Balaban J connectivity index is 1.93. The van der Waals surface area contributed by atoms with E-state index in [-0.39, 0.29) is 30.1 Å². The number of fused-ring (bicyclic) bond motifs is 4. The Hall–Kier alpha value is -0.750. The molecule has 5 nitrogen and oxygen atoms in total. The number of ketones is 1. The number of carbonyl (C=O) groups is 1. The zero-order valence-electron chi connectivity index (χ0n) is 19.4. The van der Waals surface area contributed by atoms with Gasteiger partial charge in [-0.1, -0.05) is 41.5 Å². The highest BCUT2D eigenvalue weighted by Gasteiger charge is 2.69. The third kappa shape index (κ3) is 2.47. The molecule has 4 aliphatic carbocycles. The fourth-order valence-corrected chi connectivity index (χ4v) is 8.50. The van der Waals surface area contributed by atoms with Crippen molar-refractivity contribution in [2.45, 2.75) is 92.0 Å². The van der Waals surface area contributed by atoms with Crippen LogP contribution in [0.1, 0.15) is 73.6 Å². The Bertz CT molecular complexity index is 786. The van der Waals surface area contributed by atoms with Crippen molar-refractivity contribution in [3.05, 3.63) is 11.1 Å². The van der Waals surface area contributed by atoms with E-state index in [0.29, 0.717) is 25.7 Å². The molecule has 0 amide bonds. The molecule has 2 fully saturated rings. The van der Waals surface area contributed by atoms with E-state index >= 15 is 0 Å². The second-order valence-electron chi connectivity index (χ2n) is 12.1. The van der Waals surface area contributed by atoms with Crippen LogP contribution in [0.25, 0.3) is 0 Å². The number of aliphatic hydroxyl groups is 4. The summed E-state index contributed by atoms with van der Waals surface area (Å²) in [5, 5.41) is 43.4. The van der Waals surface area contributed by atoms with Crippen LogP contribution in [0.3, 0.4) is 0 Å². The maximum atomic E-state index is 13.8. The lowest BCUT2D eigenvalue weighted by molar-refractivity contribution is -0.140. The lowest BCUT2D eigenvalue weighted by Crippen LogP contribution is -2.61. The summed E-state index contributed by atoms with van der Waals surface area (Å²) >= 11 is 0. The molecule has 4 rings (SSSR count). The van der Waals surface area contributed by atoms with Gasteiger partial charge in [-0.2, -0.15) is 0 Å². The quantitative estimate of drug-likeness (QED) is 0.551. The van der Waals surface area contributed by atoms with Gasteiger partial charge in [-0.3, -0.25) is 4.79 Å². The van der Waals surface area contributed by atoms with Gasteiger partial charge in [-0.05, 0) is 65.3 Å². The van der Waals surface area contributed by atoms with Gasteiger partial charge in [-0.25, -0.2) is 0 Å². The van der Waals surface area contributed by atoms with Gasteiger partial charge in [0.2, 0.25) is 0 Å². The van der Waals surface area contributed by atoms with Gasteiger partial charge >= 0.3 is 0 Å². The summed E-state index contributed by atoms with van der Waals surface area (Å²) in [5.41, 5.74) is -0.499. The van der Waals surface area contributed by atoms with E-state index in [2.05, 4.69) is 27.7 Å². The van der Waals surface area contributed by atoms with Crippen LogP contribution < -0.4 is 0 Å². The Labute approximate surface area is 180 Å². The summed E-state index contributed by atoms with van der Waals surface area (Å²) < 4.78 is 0. The van der Waals surface area contributed by atoms with Crippen molar-refractivity contribution in [1.29, 1.82) is 0 Å². The number of carbonyl (C=O) groups excluding carboxylic acids is 1. The first-order valence-corrected chi connectivity index (χ1v) is 11.7. The Morgan fingerprint density at radius 1 is 1.03 bits per heavy atom. The van der Waals surface area contributed by atoms with Crippen LogP contribution in [-0.4, -0.2) is 51.1 Å². The Morgan fingerprint density at radius 2 is 1.67 bits per heavy atom. The van der Waals surface area contributed by atoms with Gasteiger partial charge in [0.1, 0.15) is 0 Å². The number of hydrogen-bond donors (Lipinski definition) is 4. The van der Waals surface area contributed by atoms with Crippen LogP contribution in [0.4, 0.5) is 0 Å². The summed E-state index contributed by atoms with van der Waals surface area (Å²) in [6.45, 7) is 12.4. The standard InChI is InChI=1S/C25H40O5/c1-13(12-26)14-9-19(30)25(6)21-15(27)10-17-22(2,3)18(29)7-8-23(17,4)20(21)16(28)11-24(14,25)5/h13-15,17-19,26-27,29-30H,7-12H2,1-6H3/t13-,14-,15+,17-,18+,19+,23+,24-,25+/m1/s1. The molecule has 0 unspecified atom stereocenters. The smallest absolute Gasteiger partial charge is 0.160 e. The minimum absolute atomic E-state index is 0.00474. The summed E-state index contributed by atoms with van der Waals surface area (Å²) in [6.07, 6.45) is 0.842. The third-order valence-electron chi connectivity index (χ3n) is 10.6. The first-order valence-electron chi connectivity index (χ1n) is 11.7. The van der Waals surface area contributed by atoms with E-state index in [4.69, 9.17) is 0 Å². The minimum atomic E-state index is -0.797. The molecule has 0 aromatic rings. The molecule has 0 spiro atoms. The van der Waals surface area contributed by atoms with Crippen molar-refractivity contribution in [3.8, 4) is 0 Å². The van der Waals surface area contributed by atoms with Crippen molar-refractivity contribution in [1.82, 2.24) is 0 Å². The summed E-state index contributed by atoms with van der Waals surface area (Å²) in [5.74, 6) is 0.0925. The Kier molecular flexibility index (Phi) is 4.96. The van der Waals surface area contributed by atoms with E-state index < -0.39 is 40.0 Å². The van der Waals surface area contributed by atoms with E-state index in [0.717, 1.165) is 17.6 Å². The second-order valence-corrected chi connectivity index (χ2v) is 12.1. The number of allylic oxidation sites excluding steroid dienone is 1. The zero-order chi connectivity index (χ0) is 22.4. The maximum Gasteiger partial charge on any atom is 0.160 e. The summed E-state index contributed by atoms with van der Waals surface area (Å²) in [4.78, 5) is 13.8.